The number of nitrogens with zero attached hydrogens (tertiary/aromatic N) is 3. The van der Waals surface area contributed by atoms with E-state index in [1.807, 2.05) is 13.0 Å². The molecule has 1 N–H and O–H groups in total. The summed E-state index contributed by atoms with van der Waals surface area (Å²) in [5, 5.41) is 14.1. The van der Waals surface area contributed by atoms with Crippen molar-refractivity contribution in [3.63, 3.8) is 0 Å². The molecule has 0 atom stereocenters. The molecule has 1 heterocycles. The first-order chi connectivity index (χ1) is 13.1. The minimum atomic E-state index is -1.17. The summed E-state index contributed by atoms with van der Waals surface area (Å²) < 4.78 is 10.8. The first kappa shape index (κ1) is 20.5. The fourth-order valence-corrected chi connectivity index (χ4v) is 2.73. The third-order valence-electron chi connectivity index (χ3n) is 3.32. The van der Waals surface area contributed by atoms with E-state index < -0.39 is 5.97 Å². The van der Waals surface area contributed by atoms with Crippen molar-refractivity contribution in [3.8, 4) is 5.88 Å². The summed E-state index contributed by atoms with van der Waals surface area (Å²) in [6.45, 7) is 2.53. The van der Waals surface area contributed by atoms with Crippen molar-refractivity contribution in [2.45, 2.75) is 24.8 Å². The van der Waals surface area contributed by atoms with Crippen molar-refractivity contribution in [1.29, 1.82) is 0 Å². The highest BCUT2D eigenvalue weighted by Crippen LogP contribution is 2.33. The maximum Gasteiger partial charge on any atom is 0.339 e. The van der Waals surface area contributed by atoms with Crippen LogP contribution in [-0.2, 0) is 14.4 Å². The summed E-state index contributed by atoms with van der Waals surface area (Å²) in [5.41, 5.74) is 0.852. The second-order valence-electron chi connectivity index (χ2n) is 5.31. The van der Waals surface area contributed by atoms with Crippen LogP contribution in [0.2, 0.25) is 0 Å². The van der Waals surface area contributed by atoms with Crippen LogP contribution in [0.4, 0.5) is 0 Å². The van der Waals surface area contributed by atoms with Crippen LogP contribution in [0.15, 0.2) is 46.8 Å². The average molecular weight is 391 g/mol. The van der Waals surface area contributed by atoms with E-state index in [1.54, 1.807) is 18.4 Å². The van der Waals surface area contributed by atoms with Gasteiger partial charge >= 0.3 is 5.97 Å². The Kier molecular flexibility index (Phi) is 7.87. The predicted molar refractivity (Wildman–Crippen MR) is 103 cm³/mol. The highest BCUT2D eigenvalue weighted by Gasteiger charge is 2.23. The van der Waals surface area contributed by atoms with E-state index >= 15 is 0 Å². The smallest absolute Gasteiger partial charge is 0.339 e. The zero-order valence-corrected chi connectivity index (χ0v) is 16.2. The van der Waals surface area contributed by atoms with Crippen LogP contribution in [0.1, 0.15) is 25.3 Å². The van der Waals surface area contributed by atoms with Gasteiger partial charge in [0.25, 0.3) is 0 Å². The summed E-state index contributed by atoms with van der Waals surface area (Å²) in [7, 11) is 1.37. The molecule has 144 valence electrons. The molecule has 0 radical (unpaired) electrons. The summed E-state index contributed by atoms with van der Waals surface area (Å²) >= 11 is 1.29. The highest BCUT2D eigenvalue weighted by atomic mass is 32.2. The molecule has 1 aliphatic carbocycles. The number of ether oxygens (including phenoxy) is 2. The molecule has 0 aliphatic heterocycles. The number of aliphatic carboxylic acids is 1. The van der Waals surface area contributed by atoms with Gasteiger partial charge in [0.15, 0.2) is 0 Å². The Morgan fingerprint density at radius 1 is 1.44 bits per heavy atom. The van der Waals surface area contributed by atoms with Crippen molar-refractivity contribution in [1.82, 2.24) is 9.97 Å². The molecule has 0 amide bonds. The molecule has 27 heavy (non-hydrogen) atoms. The quantitative estimate of drug-likeness (QED) is 0.171. The molecule has 9 heteroatoms. The van der Waals surface area contributed by atoms with E-state index in [9.17, 15) is 9.90 Å². The minimum absolute atomic E-state index is 0.0991. The zero-order valence-electron chi connectivity index (χ0n) is 15.3. The lowest BCUT2D eigenvalue weighted by Gasteiger charge is -2.15. The number of carboxylic acid groups (broad SMARTS) is 1. The van der Waals surface area contributed by atoms with Gasteiger partial charge in [-0.1, -0.05) is 18.2 Å². The number of carbonyl (C=O) groups is 1. The number of carboxylic acids is 1. The Balaban J connectivity index is 2.39. The molecule has 0 unspecified atom stereocenters. The summed E-state index contributed by atoms with van der Waals surface area (Å²) in [5.74, 6) is -0.587. The van der Waals surface area contributed by atoms with Gasteiger partial charge in [0.1, 0.15) is 29.3 Å². The summed E-state index contributed by atoms with van der Waals surface area (Å²) in [6.07, 6.45) is 11.1. The molecular weight excluding hydrogens is 370 g/mol. The van der Waals surface area contributed by atoms with E-state index in [0.29, 0.717) is 29.5 Å². The molecule has 8 nitrogen and oxygen atoms in total. The van der Waals surface area contributed by atoms with E-state index in [4.69, 9.17) is 14.3 Å². The third kappa shape index (κ3) is 5.58. The number of allylic oxidation sites excluding steroid dienone is 3. The average Bonchev–Trinajstić information content (AvgIpc) is 2.66. The van der Waals surface area contributed by atoms with Gasteiger partial charge in [0, 0.05) is 12.5 Å². The monoisotopic (exact) mass is 391 g/mol. The van der Waals surface area contributed by atoms with Crippen LogP contribution in [-0.4, -0.2) is 46.7 Å². The number of aromatic nitrogens is 2. The van der Waals surface area contributed by atoms with Crippen LogP contribution in [0, 0.1) is 0 Å². The molecule has 0 saturated heterocycles. The van der Waals surface area contributed by atoms with Crippen LogP contribution in [0.3, 0.4) is 0 Å². The lowest BCUT2D eigenvalue weighted by atomic mass is 10.1. The van der Waals surface area contributed by atoms with Crippen molar-refractivity contribution >= 4 is 29.0 Å². The Morgan fingerprint density at radius 2 is 2.26 bits per heavy atom. The minimum Gasteiger partial charge on any atom is -0.503 e. The van der Waals surface area contributed by atoms with E-state index in [0.717, 1.165) is 12.7 Å². The Labute approximate surface area is 161 Å². The van der Waals surface area contributed by atoms with Crippen LogP contribution in [0.25, 0.3) is 5.57 Å². The topological polar surface area (TPSA) is 103 Å². The number of rotatable bonds is 9. The standard InChI is InChI=1S/C18H21N3O5S/c1-4-8-25-21-12-6-5-7-13(9-12)26-16-15(14(10-24-2)18(22)23)17(27-3)20-11-19-16/h5,7,9-11H,4,6,8H2,1-3H3,(H,22,23). The summed E-state index contributed by atoms with van der Waals surface area (Å²) in [4.78, 5) is 25.1. The largest absolute Gasteiger partial charge is 0.503 e. The molecule has 1 aliphatic rings. The first-order valence-corrected chi connectivity index (χ1v) is 9.43. The van der Waals surface area contributed by atoms with Gasteiger partial charge in [0.05, 0.1) is 24.6 Å². The second kappa shape index (κ2) is 10.4. The molecule has 1 aromatic rings. The molecule has 1 aromatic heterocycles. The maximum absolute atomic E-state index is 11.7. The number of hydrogen-bond acceptors (Lipinski definition) is 8. The van der Waals surface area contributed by atoms with E-state index in [1.165, 1.54) is 25.2 Å². The van der Waals surface area contributed by atoms with Crippen molar-refractivity contribution in [3.05, 3.63) is 42.1 Å². The molecule has 0 bridgehead atoms. The SMILES string of the molecule is CCCON=C1C=C(Oc2ncnc(SC)c2C(=COC)C(=O)O)C=CC1. The Bertz CT molecular complexity index is 802. The highest BCUT2D eigenvalue weighted by molar-refractivity contribution is 7.98. The van der Waals surface area contributed by atoms with Gasteiger partial charge in [0.2, 0.25) is 5.88 Å². The van der Waals surface area contributed by atoms with Crippen LogP contribution in [0.5, 0.6) is 5.88 Å². The van der Waals surface area contributed by atoms with Gasteiger partial charge in [-0.3, -0.25) is 0 Å². The van der Waals surface area contributed by atoms with Gasteiger partial charge in [-0.25, -0.2) is 14.8 Å². The zero-order chi connectivity index (χ0) is 19.6. The molecule has 0 spiro atoms. The van der Waals surface area contributed by atoms with E-state index in [2.05, 4.69) is 15.1 Å². The normalized spacial score (nSPS) is 15.4. The second-order valence-corrected chi connectivity index (χ2v) is 6.10. The first-order valence-electron chi connectivity index (χ1n) is 8.21. The predicted octanol–water partition coefficient (Wildman–Crippen LogP) is 3.28. The Hall–Kier alpha value is -2.81. The lowest BCUT2D eigenvalue weighted by Crippen LogP contribution is -2.10. The van der Waals surface area contributed by atoms with E-state index in [-0.39, 0.29) is 17.0 Å². The third-order valence-corrected chi connectivity index (χ3v) is 4.01. The fourth-order valence-electron chi connectivity index (χ4n) is 2.18. The molecule has 0 aromatic carbocycles. The number of methoxy groups -OCH3 is 1. The summed E-state index contributed by atoms with van der Waals surface area (Å²) in [6, 6.07) is 0. The number of hydrogen-bond donors (Lipinski definition) is 1. The van der Waals surface area contributed by atoms with Crippen molar-refractivity contribution in [2.24, 2.45) is 5.16 Å². The van der Waals surface area contributed by atoms with Crippen LogP contribution >= 0.6 is 11.8 Å². The lowest BCUT2D eigenvalue weighted by molar-refractivity contribution is -0.130. The van der Waals surface area contributed by atoms with Gasteiger partial charge in [-0.05, 0) is 18.8 Å². The van der Waals surface area contributed by atoms with Crippen LogP contribution < -0.4 is 4.74 Å². The van der Waals surface area contributed by atoms with Gasteiger partial charge in [-0.2, -0.15) is 0 Å². The molecule has 0 fully saturated rings. The number of thioether (sulfide) groups is 1. The molecule has 2 rings (SSSR count). The van der Waals surface area contributed by atoms with Gasteiger partial charge in [-0.15, -0.1) is 11.8 Å². The Morgan fingerprint density at radius 3 is 2.93 bits per heavy atom. The van der Waals surface area contributed by atoms with Gasteiger partial charge < -0.3 is 19.4 Å². The van der Waals surface area contributed by atoms with Crippen molar-refractivity contribution < 1.29 is 24.2 Å². The maximum atomic E-state index is 11.7. The molecular formula is C18H21N3O5S. The fraction of sp³-hybridized carbons (Fsp3) is 0.333. The molecule has 0 saturated carbocycles. The van der Waals surface area contributed by atoms with Crippen molar-refractivity contribution in [2.75, 3.05) is 20.0 Å². The number of oxime groups is 1.